The summed E-state index contributed by atoms with van der Waals surface area (Å²) in [5.41, 5.74) is 6.46. The third kappa shape index (κ3) is 8.04. The highest BCUT2D eigenvalue weighted by molar-refractivity contribution is 6.34. The van der Waals surface area contributed by atoms with Gasteiger partial charge in [-0.05, 0) is 32.9 Å². The molecule has 10 nitrogen and oxygen atoms in total. The molecule has 0 spiro atoms. The van der Waals surface area contributed by atoms with Crippen LogP contribution >= 0.6 is 11.6 Å². The van der Waals surface area contributed by atoms with Crippen LogP contribution in [-0.2, 0) is 20.8 Å². The van der Waals surface area contributed by atoms with Crippen LogP contribution in [0.25, 0.3) is 11.0 Å². The molecule has 0 aliphatic heterocycles. The Morgan fingerprint density at radius 2 is 2.00 bits per heavy atom. The average Bonchev–Trinajstić information content (AvgIpc) is 2.99. The van der Waals surface area contributed by atoms with Crippen molar-refractivity contribution in [2.75, 3.05) is 31.7 Å². The summed E-state index contributed by atoms with van der Waals surface area (Å²) < 4.78 is 15.1. The number of nitrogens with zero attached hydrogens (tertiary/aromatic N) is 1. The lowest BCUT2D eigenvalue weighted by molar-refractivity contribution is 0.0522. The highest BCUT2D eigenvalue weighted by Gasteiger charge is 2.16. The fourth-order valence-corrected chi connectivity index (χ4v) is 2.56. The van der Waals surface area contributed by atoms with Gasteiger partial charge in [-0.25, -0.2) is 14.6 Å². The van der Waals surface area contributed by atoms with Gasteiger partial charge in [-0.3, -0.25) is 0 Å². The molecule has 29 heavy (non-hydrogen) atoms. The molecule has 0 aliphatic rings. The maximum absolute atomic E-state index is 11.8. The molecule has 0 fully saturated rings. The third-order valence-electron chi connectivity index (χ3n) is 3.45. The first kappa shape index (κ1) is 22.6. The Balaban J connectivity index is 1.85. The van der Waals surface area contributed by atoms with Gasteiger partial charge in [0, 0.05) is 6.54 Å². The molecular weight excluding hydrogens is 402 g/mol. The van der Waals surface area contributed by atoms with Crippen LogP contribution in [-0.4, -0.2) is 54.1 Å². The number of rotatable bonds is 9. The van der Waals surface area contributed by atoms with E-state index in [0.717, 1.165) is 5.52 Å². The molecule has 0 saturated heterocycles. The fourth-order valence-electron chi connectivity index (χ4n) is 2.33. The Labute approximate surface area is 173 Å². The summed E-state index contributed by atoms with van der Waals surface area (Å²) >= 11 is 6.29. The first-order chi connectivity index (χ1) is 13.6. The highest BCUT2D eigenvalue weighted by Crippen LogP contribution is 2.27. The zero-order valence-corrected chi connectivity index (χ0v) is 17.4. The summed E-state index contributed by atoms with van der Waals surface area (Å²) in [5.74, 6) is 0.580. The average molecular weight is 428 g/mol. The Kier molecular flexibility index (Phi) is 7.91. The van der Waals surface area contributed by atoms with Crippen molar-refractivity contribution in [2.24, 2.45) is 5.73 Å². The summed E-state index contributed by atoms with van der Waals surface area (Å²) in [6.07, 6.45) is -1.34. The lowest BCUT2D eigenvalue weighted by Crippen LogP contribution is -2.32. The Morgan fingerprint density at radius 1 is 1.24 bits per heavy atom. The van der Waals surface area contributed by atoms with Gasteiger partial charge < -0.3 is 35.6 Å². The molecule has 1 heterocycles. The van der Waals surface area contributed by atoms with Crippen LogP contribution in [0.2, 0.25) is 5.02 Å². The summed E-state index contributed by atoms with van der Waals surface area (Å²) in [5, 5.41) is 6.32. The Bertz CT molecular complexity index is 849. The number of aromatic nitrogens is 2. The molecule has 0 unspecified atom stereocenters. The van der Waals surface area contributed by atoms with Gasteiger partial charge in [-0.2, -0.15) is 0 Å². The summed E-state index contributed by atoms with van der Waals surface area (Å²) in [6, 6.07) is 3.56. The van der Waals surface area contributed by atoms with Crippen molar-refractivity contribution >= 4 is 40.5 Å². The van der Waals surface area contributed by atoms with Gasteiger partial charge in [0.2, 0.25) is 0 Å². The van der Waals surface area contributed by atoms with Gasteiger partial charge in [0.25, 0.3) is 0 Å². The largest absolute Gasteiger partial charge is 0.447 e. The molecule has 2 amide bonds. The van der Waals surface area contributed by atoms with E-state index in [0.29, 0.717) is 35.2 Å². The number of carbonyl (C=O) groups is 2. The van der Waals surface area contributed by atoms with Gasteiger partial charge in [0.1, 0.15) is 18.0 Å². The van der Waals surface area contributed by atoms with Crippen LogP contribution < -0.4 is 16.4 Å². The van der Waals surface area contributed by atoms with E-state index in [1.807, 2.05) is 6.07 Å². The molecule has 0 saturated carbocycles. The highest BCUT2D eigenvalue weighted by atomic mass is 35.5. The number of hydrogen-bond donors (Lipinski definition) is 4. The van der Waals surface area contributed by atoms with Crippen LogP contribution in [0.1, 0.15) is 26.6 Å². The smallest absolute Gasteiger partial charge is 0.408 e. The minimum atomic E-state index is -0.827. The number of benzene rings is 1. The topological polar surface area (TPSA) is 141 Å². The monoisotopic (exact) mass is 427 g/mol. The van der Waals surface area contributed by atoms with Crippen LogP contribution in [0.3, 0.4) is 0 Å². The second-order valence-corrected chi connectivity index (χ2v) is 7.50. The van der Waals surface area contributed by atoms with Gasteiger partial charge in [-0.15, -0.1) is 0 Å². The van der Waals surface area contributed by atoms with Crippen LogP contribution in [0, 0.1) is 0 Å². The molecule has 5 N–H and O–H groups in total. The molecule has 1 aromatic carbocycles. The number of carbonyl (C=O) groups excluding carboxylic acids is 2. The molecule has 2 rings (SSSR count). The van der Waals surface area contributed by atoms with E-state index in [4.69, 9.17) is 26.8 Å². The van der Waals surface area contributed by atoms with Crippen molar-refractivity contribution < 1.29 is 23.8 Å². The number of anilines is 1. The van der Waals surface area contributed by atoms with Crippen LogP contribution in [0.15, 0.2) is 12.1 Å². The molecule has 0 radical (unpaired) electrons. The number of amides is 2. The van der Waals surface area contributed by atoms with Crippen molar-refractivity contribution in [1.82, 2.24) is 15.3 Å². The second-order valence-electron chi connectivity index (χ2n) is 7.09. The normalized spacial score (nSPS) is 11.3. The SMILES string of the molecule is CC(C)(C)OC(=O)NCc1nc2cc(Cl)c(NCCOCCOC(N)=O)cc2[nH]1. The number of nitrogens with two attached hydrogens (primary N) is 1. The summed E-state index contributed by atoms with van der Waals surface area (Å²) in [6.45, 7) is 6.85. The first-order valence-corrected chi connectivity index (χ1v) is 9.40. The molecular formula is C18H26ClN5O5. The predicted molar refractivity (Wildman–Crippen MR) is 109 cm³/mol. The number of imidazole rings is 1. The van der Waals surface area contributed by atoms with Gasteiger partial charge in [0.05, 0.1) is 41.5 Å². The van der Waals surface area contributed by atoms with Gasteiger partial charge in [0.15, 0.2) is 0 Å². The van der Waals surface area contributed by atoms with Crippen LogP contribution in [0.5, 0.6) is 0 Å². The quantitative estimate of drug-likeness (QED) is 0.451. The fraction of sp³-hybridized carbons (Fsp3) is 0.500. The standard InChI is InChI=1S/C18H26ClN5O5/c1-18(2,3)29-17(26)22-10-15-23-13-8-11(19)12(9-14(13)24-15)21-4-5-27-6-7-28-16(20)25/h8-9,21H,4-7,10H2,1-3H3,(H2,20,25)(H,22,26)(H,23,24). The Morgan fingerprint density at radius 3 is 2.69 bits per heavy atom. The third-order valence-corrected chi connectivity index (χ3v) is 3.77. The van der Waals surface area contributed by atoms with E-state index in [1.165, 1.54) is 0 Å². The lowest BCUT2D eigenvalue weighted by atomic mass is 10.2. The second kappa shape index (κ2) is 10.2. The number of nitrogens with one attached hydrogen (secondary N) is 3. The van der Waals surface area contributed by atoms with E-state index < -0.39 is 17.8 Å². The van der Waals surface area contributed by atoms with Crippen molar-refractivity contribution in [3.8, 4) is 0 Å². The van der Waals surface area contributed by atoms with E-state index in [1.54, 1.807) is 26.8 Å². The number of fused-ring (bicyclic) bond motifs is 1. The van der Waals surface area contributed by atoms with Gasteiger partial charge in [-0.1, -0.05) is 11.6 Å². The molecule has 0 aliphatic carbocycles. The van der Waals surface area contributed by atoms with E-state index in [-0.39, 0.29) is 19.8 Å². The van der Waals surface area contributed by atoms with E-state index >= 15 is 0 Å². The molecule has 0 atom stereocenters. The number of H-pyrrole nitrogens is 1. The molecule has 0 bridgehead atoms. The first-order valence-electron chi connectivity index (χ1n) is 9.03. The van der Waals surface area contributed by atoms with Crippen molar-refractivity contribution in [3.05, 3.63) is 23.0 Å². The maximum atomic E-state index is 11.8. The van der Waals surface area contributed by atoms with E-state index in [2.05, 4.69) is 25.3 Å². The van der Waals surface area contributed by atoms with Crippen molar-refractivity contribution in [1.29, 1.82) is 0 Å². The van der Waals surface area contributed by atoms with Crippen LogP contribution in [0.4, 0.5) is 15.3 Å². The molecule has 160 valence electrons. The predicted octanol–water partition coefficient (Wildman–Crippen LogP) is 2.76. The number of alkyl carbamates (subject to hydrolysis) is 1. The minimum Gasteiger partial charge on any atom is -0.447 e. The number of aromatic amines is 1. The minimum absolute atomic E-state index is 0.107. The van der Waals surface area contributed by atoms with Gasteiger partial charge >= 0.3 is 12.2 Å². The molecule has 1 aromatic heterocycles. The number of halogens is 1. The number of ether oxygens (including phenoxy) is 3. The lowest BCUT2D eigenvalue weighted by Gasteiger charge is -2.19. The van der Waals surface area contributed by atoms with E-state index in [9.17, 15) is 9.59 Å². The zero-order valence-electron chi connectivity index (χ0n) is 16.6. The number of primary amides is 1. The summed E-state index contributed by atoms with van der Waals surface area (Å²) in [7, 11) is 0. The molecule has 2 aromatic rings. The number of hydrogen-bond acceptors (Lipinski definition) is 7. The van der Waals surface area contributed by atoms with Crippen molar-refractivity contribution in [2.45, 2.75) is 32.9 Å². The van der Waals surface area contributed by atoms with Crippen molar-refractivity contribution in [3.63, 3.8) is 0 Å². The zero-order chi connectivity index (χ0) is 21.4. The summed E-state index contributed by atoms with van der Waals surface area (Å²) in [4.78, 5) is 29.7. The maximum Gasteiger partial charge on any atom is 0.408 e. The molecule has 11 heteroatoms. The Hall–Kier alpha value is -2.72.